The van der Waals surface area contributed by atoms with Gasteiger partial charge in [-0.25, -0.2) is 13.8 Å². The first-order valence-corrected chi connectivity index (χ1v) is 16.0. The Morgan fingerprint density at radius 1 is 0.955 bits per heavy atom. The Morgan fingerprint density at radius 3 is 2.36 bits per heavy atom. The van der Waals surface area contributed by atoms with Gasteiger partial charge in [0.25, 0.3) is 15.9 Å². The first kappa shape index (κ1) is 33.1. The van der Waals surface area contributed by atoms with Crippen molar-refractivity contribution in [1.82, 2.24) is 5.43 Å². The number of ether oxygens (including phenoxy) is 3. The van der Waals surface area contributed by atoms with Gasteiger partial charge < -0.3 is 14.2 Å². The van der Waals surface area contributed by atoms with Crippen molar-refractivity contribution >= 4 is 67.0 Å². The van der Waals surface area contributed by atoms with E-state index in [0.717, 1.165) is 15.4 Å². The van der Waals surface area contributed by atoms with Crippen LogP contribution < -0.4 is 23.9 Å². The number of methoxy groups -OCH3 is 2. The van der Waals surface area contributed by atoms with Crippen molar-refractivity contribution in [2.24, 2.45) is 5.10 Å². The molecule has 0 fully saturated rings. The van der Waals surface area contributed by atoms with E-state index < -0.39 is 22.5 Å². The van der Waals surface area contributed by atoms with E-state index in [1.165, 1.54) is 32.6 Å². The van der Waals surface area contributed by atoms with Crippen molar-refractivity contribution < 1.29 is 27.4 Å². The van der Waals surface area contributed by atoms with Crippen LogP contribution in [0.4, 0.5) is 5.69 Å². The monoisotopic (exact) mass is 719 g/mol. The van der Waals surface area contributed by atoms with E-state index in [4.69, 9.17) is 37.4 Å². The quantitative estimate of drug-likeness (QED) is 0.125. The molecule has 1 amide bonds. The summed E-state index contributed by atoms with van der Waals surface area (Å²) in [6.07, 6.45) is 1.40. The number of rotatable bonds is 12. The Labute approximate surface area is 274 Å². The Balaban J connectivity index is 1.52. The van der Waals surface area contributed by atoms with Crippen LogP contribution in [-0.2, 0) is 21.4 Å². The number of amides is 1. The van der Waals surface area contributed by atoms with Gasteiger partial charge in [0, 0.05) is 0 Å². The third-order valence-corrected chi connectivity index (χ3v) is 9.35. The Kier molecular flexibility index (Phi) is 11.1. The maximum atomic E-state index is 13.7. The van der Waals surface area contributed by atoms with Crippen LogP contribution >= 0.6 is 39.1 Å². The van der Waals surface area contributed by atoms with Gasteiger partial charge in [-0.1, -0.05) is 53.5 Å². The molecule has 0 aromatic heterocycles. The van der Waals surface area contributed by atoms with E-state index in [2.05, 4.69) is 26.5 Å². The zero-order valence-electron chi connectivity index (χ0n) is 23.9. The molecule has 0 aliphatic rings. The highest BCUT2D eigenvalue weighted by Crippen LogP contribution is 2.37. The van der Waals surface area contributed by atoms with Gasteiger partial charge in [-0.3, -0.25) is 9.10 Å². The fraction of sp³-hybridized carbons (Fsp3) is 0.161. The summed E-state index contributed by atoms with van der Waals surface area (Å²) in [6, 6.07) is 21.6. The van der Waals surface area contributed by atoms with Gasteiger partial charge in [0.05, 0.1) is 45.5 Å². The molecule has 4 aromatic rings. The second-order valence-electron chi connectivity index (χ2n) is 9.36. The number of hydrazone groups is 1. The topological polar surface area (TPSA) is 107 Å². The summed E-state index contributed by atoms with van der Waals surface area (Å²) in [5.74, 6) is 0.495. The molecule has 9 nitrogen and oxygen atoms in total. The number of anilines is 1. The number of sulfonamides is 1. The molecule has 0 aliphatic carbocycles. The zero-order chi connectivity index (χ0) is 31.9. The van der Waals surface area contributed by atoms with Crippen LogP contribution in [0.3, 0.4) is 0 Å². The summed E-state index contributed by atoms with van der Waals surface area (Å²) in [6.45, 7) is 1.48. The standard InChI is InChI=1S/C31H28BrCl2N3O6S/c1-20-9-12-28(41-2)27(13-20)37(44(39,40)23-7-5-4-6-8-23)18-30(38)36-35-17-22-14-24(32)31(29(16-22)42-3)43-19-21-10-11-25(33)26(34)15-21/h4-17H,18-19H2,1-3H3,(H,36,38)/b35-17-. The Bertz CT molecular complexity index is 1790. The van der Waals surface area contributed by atoms with Gasteiger partial charge in [0.1, 0.15) is 18.9 Å². The van der Waals surface area contributed by atoms with Gasteiger partial charge >= 0.3 is 0 Å². The average Bonchev–Trinajstić information content (AvgIpc) is 3.01. The van der Waals surface area contributed by atoms with E-state index in [-0.39, 0.29) is 17.2 Å². The molecular formula is C31H28BrCl2N3O6S. The van der Waals surface area contributed by atoms with Gasteiger partial charge in [0.15, 0.2) is 11.5 Å². The summed E-state index contributed by atoms with van der Waals surface area (Å²) in [5, 5.41) is 4.91. The molecule has 13 heteroatoms. The highest BCUT2D eigenvalue weighted by Gasteiger charge is 2.29. The van der Waals surface area contributed by atoms with Crippen molar-refractivity contribution in [2.45, 2.75) is 18.4 Å². The number of hydrogen-bond donors (Lipinski definition) is 1. The lowest BCUT2D eigenvalue weighted by atomic mass is 10.2. The van der Waals surface area contributed by atoms with Crippen LogP contribution in [0.15, 0.2) is 93.3 Å². The minimum atomic E-state index is -4.14. The molecular weight excluding hydrogens is 693 g/mol. The normalized spacial score (nSPS) is 11.3. The summed E-state index contributed by atoms with van der Waals surface area (Å²) in [7, 11) is -1.20. The molecule has 44 heavy (non-hydrogen) atoms. The van der Waals surface area contributed by atoms with Crippen LogP contribution in [0.2, 0.25) is 10.0 Å². The lowest BCUT2D eigenvalue weighted by Gasteiger charge is -2.25. The molecule has 4 rings (SSSR count). The summed E-state index contributed by atoms with van der Waals surface area (Å²) >= 11 is 15.6. The predicted molar refractivity (Wildman–Crippen MR) is 176 cm³/mol. The molecule has 0 bridgehead atoms. The lowest BCUT2D eigenvalue weighted by Crippen LogP contribution is -2.39. The molecule has 230 valence electrons. The molecule has 1 N–H and O–H groups in total. The number of benzene rings is 4. The third-order valence-electron chi connectivity index (χ3n) is 6.24. The smallest absolute Gasteiger partial charge is 0.264 e. The Morgan fingerprint density at radius 2 is 1.68 bits per heavy atom. The van der Waals surface area contributed by atoms with Gasteiger partial charge in [-0.15, -0.1) is 0 Å². The minimum Gasteiger partial charge on any atom is -0.495 e. The van der Waals surface area contributed by atoms with E-state index in [0.29, 0.717) is 37.3 Å². The molecule has 0 atom stereocenters. The molecule has 0 unspecified atom stereocenters. The van der Waals surface area contributed by atoms with Crippen LogP contribution in [0.1, 0.15) is 16.7 Å². The van der Waals surface area contributed by atoms with Crippen LogP contribution in [-0.4, -0.2) is 41.3 Å². The molecule has 0 spiro atoms. The number of nitrogens with zero attached hydrogens (tertiary/aromatic N) is 2. The Hall–Kier alpha value is -3.77. The number of carbonyl (C=O) groups is 1. The number of aryl methyl sites for hydroxylation is 1. The summed E-state index contributed by atoms with van der Waals surface area (Å²) < 4.78 is 45.8. The molecule has 0 aliphatic heterocycles. The number of hydrogen-bond acceptors (Lipinski definition) is 7. The fourth-order valence-corrected chi connectivity index (χ4v) is 6.44. The third kappa shape index (κ3) is 8.03. The van der Waals surface area contributed by atoms with E-state index in [1.54, 1.807) is 66.7 Å². The predicted octanol–water partition coefficient (Wildman–Crippen LogP) is 7.01. The zero-order valence-corrected chi connectivity index (χ0v) is 27.8. The van der Waals surface area contributed by atoms with Crippen molar-refractivity contribution in [3.05, 3.63) is 110 Å². The highest BCUT2D eigenvalue weighted by atomic mass is 79.9. The molecule has 0 radical (unpaired) electrons. The van der Waals surface area contributed by atoms with E-state index in [9.17, 15) is 13.2 Å². The summed E-state index contributed by atoms with van der Waals surface area (Å²) in [5.41, 5.74) is 4.81. The maximum Gasteiger partial charge on any atom is 0.264 e. The maximum absolute atomic E-state index is 13.7. The largest absolute Gasteiger partial charge is 0.495 e. The summed E-state index contributed by atoms with van der Waals surface area (Å²) in [4.78, 5) is 13.1. The van der Waals surface area contributed by atoms with E-state index >= 15 is 0 Å². The van der Waals surface area contributed by atoms with Crippen molar-refractivity contribution in [3.8, 4) is 17.2 Å². The minimum absolute atomic E-state index is 0.0262. The van der Waals surface area contributed by atoms with Crippen LogP contribution in [0, 0.1) is 6.92 Å². The molecule has 0 saturated carbocycles. The van der Waals surface area contributed by atoms with Crippen molar-refractivity contribution in [1.29, 1.82) is 0 Å². The number of carbonyl (C=O) groups excluding carboxylic acids is 1. The van der Waals surface area contributed by atoms with Crippen molar-refractivity contribution in [2.75, 3.05) is 25.1 Å². The second kappa shape index (κ2) is 14.8. The molecule has 0 heterocycles. The van der Waals surface area contributed by atoms with Gasteiger partial charge in [-0.05, 0) is 88.1 Å². The van der Waals surface area contributed by atoms with Crippen LogP contribution in [0.5, 0.6) is 17.2 Å². The second-order valence-corrected chi connectivity index (χ2v) is 12.9. The van der Waals surface area contributed by atoms with Gasteiger partial charge in [0.2, 0.25) is 0 Å². The van der Waals surface area contributed by atoms with Crippen LogP contribution in [0.25, 0.3) is 0 Å². The SMILES string of the molecule is COc1ccc(C)cc1N(CC(=O)N/N=C\c1cc(Br)c(OCc2ccc(Cl)c(Cl)c2)c(OC)c1)S(=O)(=O)c1ccccc1. The molecule has 4 aromatic carbocycles. The number of halogens is 3. The average molecular weight is 721 g/mol. The van der Waals surface area contributed by atoms with Crippen molar-refractivity contribution in [3.63, 3.8) is 0 Å². The first-order chi connectivity index (χ1) is 21.0. The lowest BCUT2D eigenvalue weighted by molar-refractivity contribution is -0.119. The highest BCUT2D eigenvalue weighted by molar-refractivity contribution is 9.10. The first-order valence-electron chi connectivity index (χ1n) is 13.0. The molecule has 0 saturated heterocycles. The number of nitrogens with one attached hydrogen (secondary N) is 1. The van der Waals surface area contributed by atoms with E-state index in [1.807, 2.05) is 6.92 Å². The van der Waals surface area contributed by atoms with Gasteiger partial charge in [-0.2, -0.15) is 5.10 Å². The fourth-order valence-electron chi connectivity index (χ4n) is 4.10.